The molecule has 0 radical (unpaired) electrons. The lowest BCUT2D eigenvalue weighted by Crippen LogP contribution is -2.21. The average molecular weight is 468 g/mol. The molecule has 0 aliphatic rings. The van der Waals surface area contributed by atoms with Gasteiger partial charge in [0.05, 0.1) is 22.3 Å². The Balaban J connectivity index is 1.53. The van der Waals surface area contributed by atoms with Gasteiger partial charge in [-0.05, 0) is 54.6 Å². The van der Waals surface area contributed by atoms with E-state index in [1.54, 1.807) is 24.3 Å². The fourth-order valence-corrected chi connectivity index (χ4v) is 3.29. The number of nitrogens with one attached hydrogen (secondary N) is 1. The Labute approximate surface area is 191 Å². The Morgan fingerprint density at radius 2 is 1.65 bits per heavy atom. The van der Waals surface area contributed by atoms with Crippen LogP contribution in [0.25, 0.3) is 22.2 Å². The largest absolute Gasteiger partial charge is 0.452 e. The third-order valence-corrected chi connectivity index (χ3v) is 4.88. The summed E-state index contributed by atoms with van der Waals surface area (Å²) < 4.78 is 56.9. The maximum absolute atomic E-state index is 13.3. The molecule has 9 heteroatoms. The molecular formula is C25H16F4N2O3. The summed E-state index contributed by atoms with van der Waals surface area (Å²) in [7, 11) is 0. The summed E-state index contributed by atoms with van der Waals surface area (Å²) in [5.74, 6) is -2.04. The van der Waals surface area contributed by atoms with E-state index in [0.717, 1.165) is 18.2 Å². The van der Waals surface area contributed by atoms with Crippen LogP contribution in [0.15, 0.2) is 78.9 Å². The topological polar surface area (TPSA) is 68.3 Å². The first-order valence-corrected chi connectivity index (χ1v) is 10.0. The van der Waals surface area contributed by atoms with Gasteiger partial charge < -0.3 is 10.1 Å². The van der Waals surface area contributed by atoms with Crippen LogP contribution < -0.4 is 5.32 Å². The van der Waals surface area contributed by atoms with Gasteiger partial charge in [-0.15, -0.1) is 0 Å². The van der Waals surface area contributed by atoms with Crippen molar-refractivity contribution in [3.8, 4) is 11.3 Å². The number of pyridine rings is 1. The molecule has 1 aromatic heterocycles. The van der Waals surface area contributed by atoms with Crippen LogP contribution in [0.4, 0.5) is 23.2 Å². The molecule has 5 nitrogen and oxygen atoms in total. The third-order valence-electron chi connectivity index (χ3n) is 4.88. The van der Waals surface area contributed by atoms with E-state index in [4.69, 9.17) is 4.74 Å². The first-order chi connectivity index (χ1) is 16.2. The summed E-state index contributed by atoms with van der Waals surface area (Å²) in [6.07, 6.45) is -4.56. The van der Waals surface area contributed by atoms with Crippen molar-refractivity contribution in [2.45, 2.75) is 6.18 Å². The lowest BCUT2D eigenvalue weighted by atomic mass is 10.0. The van der Waals surface area contributed by atoms with Crippen LogP contribution in [0.5, 0.6) is 0 Å². The molecule has 0 aliphatic heterocycles. The number of carbonyl (C=O) groups is 2. The summed E-state index contributed by atoms with van der Waals surface area (Å²) in [6, 6.07) is 18.0. The van der Waals surface area contributed by atoms with Crippen molar-refractivity contribution in [1.82, 2.24) is 4.98 Å². The number of rotatable bonds is 5. The number of alkyl halides is 3. The van der Waals surface area contributed by atoms with Gasteiger partial charge in [-0.25, -0.2) is 14.2 Å². The van der Waals surface area contributed by atoms with Crippen LogP contribution in [0.2, 0.25) is 0 Å². The number of carbonyl (C=O) groups excluding carboxylic acids is 2. The summed E-state index contributed by atoms with van der Waals surface area (Å²) >= 11 is 0. The fourth-order valence-electron chi connectivity index (χ4n) is 3.29. The second-order valence-corrected chi connectivity index (χ2v) is 7.28. The van der Waals surface area contributed by atoms with Gasteiger partial charge in [-0.2, -0.15) is 13.2 Å². The Hall–Kier alpha value is -4.27. The van der Waals surface area contributed by atoms with Crippen molar-refractivity contribution in [3.63, 3.8) is 0 Å². The van der Waals surface area contributed by atoms with Gasteiger partial charge in [0.1, 0.15) is 5.82 Å². The maximum Gasteiger partial charge on any atom is 0.416 e. The molecular weight excluding hydrogens is 452 g/mol. The number of benzene rings is 3. The number of amides is 1. The third kappa shape index (κ3) is 5.20. The molecule has 0 saturated heterocycles. The maximum atomic E-state index is 13.3. The molecule has 0 bridgehead atoms. The number of anilines is 1. The summed E-state index contributed by atoms with van der Waals surface area (Å²) in [6.45, 7) is -0.711. The molecule has 1 N–H and O–H groups in total. The second kappa shape index (κ2) is 9.30. The molecule has 4 rings (SSSR count). The van der Waals surface area contributed by atoms with Gasteiger partial charge in [0, 0.05) is 16.6 Å². The van der Waals surface area contributed by atoms with Gasteiger partial charge in [0.2, 0.25) is 0 Å². The number of para-hydroxylation sites is 1. The van der Waals surface area contributed by atoms with E-state index in [2.05, 4.69) is 10.3 Å². The molecule has 172 valence electrons. The zero-order valence-corrected chi connectivity index (χ0v) is 17.4. The van der Waals surface area contributed by atoms with Crippen LogP contribution in [-0.4, -0.2) is 23.5 Å². The minimum atomic E-state index is -4.56. The van der Waals surface area contributed by atoms with Gasteiger partial charge in [0.15, 0.2) is 6.61 Å². The normalized spacial score (nSPS) is 11.3. The highest BCUT2D eigenvalue weighted by molar-refractivity contribution is 6.05. The highest BCUT2D eigenvalue weighted by Crippen LogP contribution is 2.30. The van der Waals surface area contributed by atoms with Gasteiger partial charge in [-0.1, -0.05) is 24.3 Å². The van der Waals surface area contributed by atoms with Gasteiger partial charge >= 0.3 is 12.1 Å². The second-order valence-electron chi connectivity index (χ2n) is 7.28. The zero-order valence-electron chi connectivity index (χ0n) is 17.4. The molecule has 3 aromatic carbocycles. The molecule has 0 fully saturated rings. The highest BCUT2D eigenvalue weighted by Gasteiger charge is 2.30. The number of ether oxygens (including phenoxy) is 1. The molecule has 0 unspecified atom stereocenters. The van der Waals surface area contributed by atoms with Crippen molar-refractivity contribution in [2.24, 2.45) is 0 Å². The fraction of sp³-hybridized carbons (Fsp3) is 0.0800. The van der Waals surface area contributed by atoms with E-state index in [-0.39, 0.29) is 11.3 Å². The molecule has 4 aromatic rings. The predicted octanol–water partition coefficient (Wildman–Crippen LogP) is 5.86. The van der Waals surface area contributed by atoms with Crippen LogP contribution >= 0.6 is 0 Å². The Morgan fingerprint density at radius 3 is 2.38 bits per heavy atom. The minimum absolute atomic E-state index is 0.0798. The minimum Gasteiger partial charge on any atom is -0.452 e. The van der Waals surface area contributed by atoms with E-state index in [1.807, 2.05) is 0 Å². The Bertz CT molecular complexity index is 1370. The van der Waals surface area contributed by atoms with Crippen molar-refractivity contribution in [2.75, 3.05) is 11.9 Å². The first-order valence-electron chi connectivity index (χ1n) is 10.0. The zero-order chi connectivity index (χ0) is 24.3. The van der Waals surface area contributed by atoms with E-state index in [1.165, 1.54) is 36.4 Å². The molecule has 0 saturated carbocycles. The molecule has 1 amide bonds. The SMILES string of the molecule is O=C(COC(=O)c1cc(-c2ccc(F)cc2)nc2ccccc12)Nc1cccc(C(F)(F)F)c1. The van der Waals surface area contributed by atoms with Crippen LogP contribution in [0.3, 0.4) is 0 Å². The molecule has 34 heavy (non-hydrogen) atoms. The summed E-state index contributed by atoms with van der Waals surface area (Å²) in [4.78, 5) is 29.5. The molecule has 0 spiro atoms. The lowest BCUT2D eigenvalue weighted by Gasteiger charge is -2.11. The van der Waals surface area contributed by atoms with Crippen molar-refractivity contribution < 1.29 is 31.9 Å². The number of nitrogens with zero attached hydrogens (tertiary/aromatic N) is 1. The Morgan fingerprint density at radius 1 is 0.912 bits per heavy atom. The predicted molar refractivity (Wildman–Crippen MR) is 117 cm³/mol. The van der Waals surface area contributed by atoms with Crippen LogP contribution in [0, 0.1) is 5.82 Å². The van der Waals surface area contributed by atoms with Gasteiger partial charge in [-0.3, -0.25) is 4.79 Å². The van der Waals surface area contributed by atoms with Crippen LogP contribution in [0.1, 0.15) is 15.9 Å². The summed E-state index contributed by atoms with van der Waals surface area (Å²) in [5, 5.41) is 2.76. The number of hydrogen-bond donors (Lipinski definition) is 1. The number of hydrogen-bond acceptors (Lipinski definition) is 4. The molecule has 0 atom stereocenters. The Kier molecular flexibility index (Phi) is 6.27. The number of halogens is 4. The number of aromatic nitrogens is 1. The first kappa shape index (κ1) is 22.9. The smallest absolute Gasteiger partial charge is 0.416 e. The average Bonchev–Trinajstić information content (AvgIpc) is 2.82. The van der Waals surface area contributed by atoms with Gasteiger partial charge in [0.25, 0.3) is 5.91 Å². The van der Waals surface area contributed by atoms with E-state index < -0.39 is 36.0 Å². The van der Waals surface area contributed by atoms with E-state index in [0.29, 0.717) is 22.2 Å². The molecule has 1 heterocycles. The standard InChI is InChI=1S/C25H16F4N2O3/c26-17-10-8-15(9-11-17)22-13-20(19-6-1-2-7-21(19)31-22)24(33)34-14-23(32)30-18-5-3-4-16(12-18)25(27,28)29/h1-13H,14H2,(H,30,32). The van der Waals surface area contributed by atoms with Crippen molar-refractivity contribution in [1.29, 1.82) is 0 Å². The number of esters is 1. The molecule has 0 aliphatic carbocycles. The summed E-state index contributed by atoms with van der Waals surface area (Å²) in [5.41, 5.74) is 0.603. The monoisotopic (exact) mass is 468 g/mol. The quantitative estimate of drug-likeness (QED) is 0.295. The van der Waals surface area contributed by atoms with Crippen LogP contribution in [-0.2, 0) is 15.7 Å². The van der Waals surface area contributed by atoms with E-state index >= 15 is 0 Å². The number of fused-ring (bicyclic) bond motifs is 1. The lowest BCUT2D eigenvalue weighted by molar-refractivity contribution is -0.137. The highest BCUT2D eigenvalue weighted by atomic mass is 19.4. The van der Waals surface area contributed by atoms with Crippen molar-refractivity contribution in [3.05, 3.63) is 95.8 Å². The van der Waals surface area contributed by atoms with Crippen molar-refractivity contribution >= 4 is 28.5 Å². The van der Waals surface area contributed by atoms with E-state index in [9.17, 15) is 27.2 Å².